The van der Waals surface area contributed by atoms with Crippen molar-refractivity contribution in [2.75, 3.05) is 6.54 Å². The Bertz CT molecular complexity index is 409. The predicted octanol–water partition coefficient (Wildman–Crippen LogP) is 3.24. The second-order valence-corrected chi connectivity index (χ2v) is 4.48. The summed E-state index contributed by atoms with van der Waals surface area (Å²) in [6.07, 6.45) is 9.14. The first-order valence-corrected chi connectivity index (χ1v) is 6.80. The monoisotopic (exact) mass is 258 g/mol. The van der Waals surface area contributed by atoms with Crippen LogP contribution in [0.1, 0.15) is 44.2 Å². The van der Waals surface area contributed by atoms with E-state index in [2.05, 4.69) is 23.5 Å². The van der Waals surface area contributed by atoms with Gasteiger partial charge >= 0.3 is 6.03 Å². The lowest BCUT2D eigenvalue weighted by Gasteiger charge is -2.17. The van der Waals surface area contributed by atoms with Gasteiger partial charge in [0.05, 0.1) is 6.04 Å². The molecular weight excluding hydrogens is 236 g/mol. The largest absolute Gasteiger partial charge is 0.338 e. The molecule has 1 aromatic rings. The van der Waals surface area contributed by atoms with Crippen molar-refractivity contribution < 1.29 is 4.79 Å². The SMILES string of the molecule is C#CC[C@@H](NC(=O)NCCCCC)c1ccccc1. The highest BCUT2D eigenvalue weighted by Crippen LogP contribution is 2.15. The molecule has 0 aromatic heterocycles. The highest BCUT2D eigenvalue weighted by Gasteiger charge is 2.12. The first-order valence-electron chi connectivity index (χ1n) is 6.80. The third kappa shape index (κ3) is 5.96. The van der Waals surface area contributed by atoms with Gasteiger partial charge in [0.25, 0.3) is 0 Å². The number of unbranched alkanes of at least 4 members (excludes halogenated alkanes) is 2. The molecule has 0 unspecified atom stereocenters. The average molecular weight is 258 g/mol. The van der Waals surface area contributed by atoms with Crippen LogP contribution in [0.15, 0.2) is 30.3 Å². The molecule has 2 N–H and O–H groups in total. The molecule has 102 valence electrons. The highest BCUT2D eigenvalue weighted by atomic mass is 16.2. The Morgan fingerprint density at radius 1 is 1.32 bits per heavy atom. The summed E-state index contributed by atoms with van der Waals surface area (Å²) in [7, 11) is 0. The molecule has 3 nitrogen and oxygen atoms in total. The molecular formula is C16H22N2O. The molecule has 2 amide bonds. The zero-order valence-electron chi connectivity index (χ0n) is 11.5. The van der Waals surface area contributed by atoms with Gasteiger partial charge in [0.2, 0.25) is 0 Å². The van der Waals surface area contributed by atoms with Gasteiger partial charge in [0.1, 0.15) is 0 Å². The van der Waals surface area contributed by atoms with Gasteiger partial charge in [0, 0.05) is 13.0 Å². The summed E-state index contributed by atoms with van der Waals surface area (Å²) in [5, 5.41) is 5.78. The van der Waals surface area contributed by atoms with Crippen molar-refractivity contribution in [3.8, 4) is 12.3 Å². The standard InChI is InChI=1S/C16H22N2O/c1-3-5-9-13-17-16(19)18-15(10-4-2)14-11-7-6-8-12-14/h2,6-8,11-12,15H,3,5,9-10,13H2,1H3,(H2,17,18,19)/t15-/m1/s1. The minimum atomic E-state index is -0.153. The van der Waals surface area contributed by atoms with Crippen LogP contribution in [0.3, 0.4) is 0 Å². The molecule has 3 heteroatoms. The third-order valence-corrected chi connectivity index (χ3v) is 2.90. The maximum atomic E-state index is 11.8. The van der Waals surface area contributed by atoms with Crippen molar-refractivity contribution in [2.45, 2.75) is 38.6 Å². The summed E-state index contributed by atoms with van der Waals surface area (Å²) in [6.45, 7) is 2.84. The van der Waals surface area contributed by atoms with Crippen LogP contribution in [0.2, 0.25) is 0 Å². The Morgan fingerprint density at radius 3 is 2.68 bits per heavy atom. The van der Waals surface area contributed by atoms with E-state index in [0.717, 1.165) is 24.8 Å². The van der Waals surface area contributed by atoms with Crippen molar-refractivity contribution in [2.24, 2.45) is 0 Å². The lowest BCUT2D eigenvalue weighted by molar-refractivity contribution is 0.237. The van der Waals surface area contributed by atoms with Gasteiger partial charge in [-0.2, -0.15) is 0 Å². The van der Waals surface area contributed by atoms with Gasteiger partial charge in [-0.05, 0) is 12.0 Å². The Morgan fingerprint density at radius 2 is 2.05 bits per heavy atom. The number of terminal acetylenes is 1. The number of benzene rings is 1. The van der Waals surface area contributed by atoms with Gasteiger partial charge in [-0.25, -0.2) is 4.79 Å². The van der Waals surface area contributed by atoms with E-state index in [1.165, 1.54) is 0 Å². The molecule has 1 aromatic carbocycles. The Hall–Kier alpha value is -1.95. The van der Waals surface area contributed by atoms with Crippen LogP contribution in [-0.4, -0.2) is 12.6 Å². The quantitative estimate of drug-likeness (QED) is 0.572. The molecule has 0 bridgehead atoms. The summed E-state index contributed by atoms with van der Waals surface area (Å²) < 4.78 is 0. The van der Waals surface area contributed by atoms with Gasteiger partial charge in [0.15, 0.2) is 0 Å². The first-order chi connectivity index (χ1) is 9.27. The Kier molecular flexibility index (Phi) is 7.19. The minimum absolute atomic E-state index is 0.127. The average Bonchev–Trinajstić information content (AvgIpc) is 2.44. The van der Waals surface area contributed by atoms with Crippen molar-refractivity contribution in [1.82, 2.24) is 10.6 Å². The predicted molar refractivity (Wildman–Crippen MR) is 78.7 cm³/mol. The molecule has 0 saturated carbocycles. The molecule has 0 heterocycles. The van der Waals surface area contributed by atoms with Gasteiger partial charge < -0.3 is 10.6 Å². The number of carbonyl (C=O) groups is 1. The van der Waals surface area contributed by atoms with E-state index in [1.807, 2.05) is 30.3 Å². The lowest BCUT2D eigenvalue weighted by Crippen LogP contribution is -2.38. The molecule has 0 aliphatic heterocycles. The van der Waals surface area contributed by atoms with E-state index in [9.17, 15) is 4.79 Å². The van der Waals surface area contributed by atoms with Gasteiger partial charge in [-0.15, -0.1) is 12.3 Å². The number of amides is 2. The van der Waals surface area contributed by atoms with E-state index in [0.29, 0.717) is 13.0 Å². The minimum Gasteiger partial charge on any atom is -0.338 e. The normalized spacial score (nSPS) is 11.4. The third-order valence-electron chi connectivity index (χ3n) is 2.90. The second-order valence-electron chi connectivity index (χ2n) is 4.48. The second kappa shape index (κ2) is 9.04. The zero-order chi connectivity index (χ0) is 13.9. The van der Waals surface area contributed by atoms with Crippen molar-refractivity contribution in [3.05, 3.63) is 35.9 Å². The van der Waals surface area contributed by atoms with Crippen LogP contribution in [-0.2, 0) is 0 Å². The van der Waals surface area contributed by atoms with Crippen LogP contribution in [0.5, 0.6) is 0 Å². The fourth-order valence-corrected chi connectivity index (χ4v) is 1.84. The van der Waals surface area contributed by atoms with E-state index in [-0.39, 0.29) is 12.1 Å². The van der Waals surface area contributed by atoms with E-state index in [1.54, 1.807) is 0 Å². The van der Waals surface area contributed by atoms with E-state index >= 15 is 0 Å². The number of rotatable bonds is 7. The summed E-state index contributed by atoms with van der Waals surface area (Å²) in [4.78, 5) is 11.8. The number of hydrogen-bond donors (Lipinski definition) is 2. The number of hydrogen-bond acceptors (Lipinski definition) is 1. The molecule has 1 rings (SSSR count). The molecule has 0 radical (unpaired) electrons. The highest BCUT2D eigenvalue weighted by molar-refractivity contribution is 5.74. The van der Waals surface area contributed by atoms with Gasteiger partial charge in [-0.1, -0.05) is 50.1 Å². The molecule has 0 aliphatic carbocycles. The van der Waals surface area contributed by atoms with Crippen LogP contribution < -0.4 is 10.6 Å². The maximum Gasteiger partial charge on any atom is 0.315 e. The number of nitrogens with one attached hydrogen (secondary N) is 2. The van der Waals surface area contributed by atoms with Crippen molar-refractivity contribution >= 4 is 6.03 Å². The summed E-state index contributed by atoms with van der Waals surface area (Å²) in [5.41, 5.74) is 1.03. The van der Waals surface area contributed by atoms with Gasteiger partial charge in [-0.3, -0.25) is 0 Å². The molecule has 19 heavy (non-hydrogen) atoms. The van der Waals surface area contributed by atoms with E-state index in [4.69, 9.17) is 6.42 Å². The number of carbonyl (C=O) groups excluding carboxylic acids is 1. The molecule has 1 atom stereocenters. The van der Waals surface area contributed by atoms with Crippen LogP contribution in [0, 0.1) is 12.3 Å². The fraction of sp³-hybridized carbons (Fsp3) is 0.438. The fourth-order valence-electron chi connectivity index (χ4n) is 1.84. The smallest absolute Gasteiger partial charge is 0.315 e. The molecule has 0 fully saturated rings. The Labute approximate surface area is 115 Å². The maximum absolute atomic E-state index is 11.8. The van der Waals surface area contributed by atoms with Crippen LogP contribution >= 0.6 is 0 Å². The zero-order valence-corrected chi connectivity index (χ0v) is 11.5. The lowest BCUT2D eigenvalue weighted by atomic mass is 10.0. The Balaban J connectivity index is 2.46. The van der Waals surface area contributed by atoms with Crippen molar-refractivity contribution in [1.29, 1.82) is 0 Å². The molecule has 0 spiro atoms. The topological polar surface area (TPSA) is 41.1 Å². The molecule has 0 aliphatic rings. The molecule has 0 saturated heterocycles. The van der Waals surface area contributed by atoms with Crippen LogP contribution in [0.25, 0.3) is 0 Å². The first kappa shape index (κ1) is 15.1. The van der Waals surface area contributed by atoms with E-state index < -0.39 is 0 Å². The van der Waals surface area contributed by atoms with Crippen LogP contribution in [0.4, 0.5) is 4.79 Å². The van der Waals surface area contributed by atoms with Crippen molar-refractivity contribution in [3.63, 3.8) is 0 Å². The summed E-state index contributed by atoms with van der Waals surface area (Å²) in [6, 6.07) is 9.50. The summed E-state index contributed by atoms with van der Waals surface area (Å²) >= 11 is 0. The summed E-state index contributed by atoms with van der Waals surface area (Å²) in [5.74, 6) is 2.61. The number of urea groups is 1.